The molecule has 1 aromatic carbocycles. The van der Waals surface area contributed by atoms with Gasteiger partial charge in [0.25, 0.3) is 0 Å². The van der Waals surface area contributed by atoms with Crippen LogP contribution in [0.25, 0.3) is 0 Å². The molecule has 0 radical (unpaired) electrons. The first-order valence-electron chi connectivity index (χ1n) is 5.22. The van der Waals surface area contributed by atoms with Gasteiger partial charge in [-0.05, 0) is 12.1 Å². The van der Waals surface area contributed by atoms with E-state index in [0.29, 0.717) is 0 Å². The third kappa shape index (κ3) is 5.83. The van der Waals surface area contributed by atoms with E-state index in [1.54, 1.807) is 0 Å². The highest BCUT2D eigenvalue weighted by Crippen LogP contribution is 2.22. The van der Waals surface area contributed by atoms with Gasteiger partial charge in [0.15, 0.2) is 11.6 Å². The van der Waals surface area contributed by atoms with Gasteiger partial charge in [-0.25, -0.2) is 4.39 Å². The highest BCUT2D eigenvalue weighted by molar-refractivity contribution is 8.00. The normalized spacial score (nSPS) is 10.4. The highest BCUT2D eigenvalue weighted by atomic mass is 32.2. The van der Waals surface area contributed by atoms with Crippen LogP contribution in [0.3, 0.4) is 0 Å². The van der Waals surface area contributed by atoms with Crippen LogP contribution in [-0.4, -0.2) is 35.1 Å². The summed E-state index contributed by atoms with van der Waals surface area (Å²) in [6.45, 7) is -3.14. The number of thioether (sulfide) groups is 1. The molecule has 1 rings (SSSR count). The Bertz CT molecular complexity index is 499. The van der Waals surface area contributed by atoms with Crippen LogP contribution >= 0.6 is 11.8 Å². The lowest BCUT2D eigenvalue weighted by Crippen LogP contribution is -2.15. The SMILES string of the molecule is O=C(O)CSCC(=O)Nc1ccc(OC(F)F)c(F)c1. The summed E-state index contributed by atoms with van der Waals surface area (Å²) < 4.78 is 41.0. The molecule has 0 fully saturated rings. The number of anilines is 1. The Morgan fingerprint density at radius 3 is 2.60 bits per heavy atom. The predicted octanol–water partition coefficient (Wildman–Crippen LogP) is 2.18. The van der Waals surface area contributed by atoms with E-state index in [1.165, 1.54) is 6.07 Å². The second-order valence-corrected chi connectivity index (χ2v) is 4.44. The van der Waals surface area contributed by atoms with Gasteiger partial charge in [-0.2, -0.15) is 8.78 Å². The van der Waals surface area contributed by atoms with Crippen LogP contribution in [0.4, 0.5) is 18.9 Å². The Kier molecular flexibility index (Phi) is 6.16. The molecule has 0 saturated heterocycles. The number of amides is 1. The average molecular weight is 309 g/mol. The van der Waals surface area contributed by atoms with Gasteiger partial charge in [0.2, 0.25) is 5.91 Å². The number of carboxylic acids is 1. The van der Waals surface area contributed by atoms with E-state index in [1.807, 2.05) is 0 Å². The van der Waals surface area contributed by atoms with Crippen LogP contribution in [0.1, 0.15) is 0 Å². The molecule has 0 aliphatic heterocycles. The van der Waals surface area contributed by atoms with Gasteiger partial charge in [-0.15, -0.1) is 11.8 Å². The fraction of sp³-hybridized carbons (Fsp3) is 0.273. The molecule has 0 aromatic heterocycles. The van der Waals surface area contributed by atoms with Crippen LogP contribution in [0.5, 0.6) is 5.75 Å². The number of nitrogens with one attached hydrogen (secondary N) is 1. The monoisotopic (exact) mass is 309 g/mol. The number of aliphatic carboxylic acids is 1. The molecule has 5 nitrogen and oxygen atoms in total. The van der Waals surface area contributed by atoms with E-state index in [9.17, 15) is 22.8 Å². The average Bonchev–Trinajstić information content (AvgIpc) is 2.31. The molecule has 0 unspecified atom stereocenters. The van der Waals surface area contributed by atoms with Crippen molar-refractivity contribution in [3.63, 3.8) is 0 Å². The lowest BCUT2D eigenvalue weighted by molar-refractivity contribution is -0.133. The molecule has 0 saturated carbocycles. The summed E-state index contributed by atoms with van der Waals surface area (Å²) in [5.41, 5.74) is 0.0602. The maximum Gasteiger partial charge on any atom is 0.387 e. The van der Waals surface area contributed by atoms with Gasteiger partial charge < -0.3 is 15.2 Å². The number of rotatable bonds is 7. The molecule has 0 bridgehead atoms. The van der Waals surface area contributed by atoms with Crippen molar-refractivity contribution in [3.8, 4) is 5.75 Å². The number of hydrogen-bond acceptors (Lipinski definition) is 4. The van der Waals surface area contributed by atoms with Crippen molar-refractivity contribution in [3.05, 3.63) is 24.0 Å². The third-order valence-electron chi connectivity index (χ3n) is 1.89. The Hall–Kier alpha value is -1.90. The number of alkyl halides is 2. The quantitative estimate of drug-likeness (QED) is 0.807. The Balaban J connectivity index is 2.54. The van der Waals surface area contributed by atoms with E-state index in [2.05, 4.69) is 10.1 Å². The highest BCUT2D eigenvalue weighted by Gasteiger charge is 2.11. The number of halogens is 3. The summed E-state index contributed by atoms with van der Waals surface area (Å²) in [5, 5.41) is 10.7. The van der Waals surface area contributed by atoms with Gasteiger partial charge >= 0.3 is 12.6 Å². The van der Waals surface area contributed by atoms with E-state index in [0.717, 1.165) is 23.9 Å². The molecule has 0 heterocycles. The molecular formula is C11H10F3NO4S. The van der Waals surface area contributed by atoms with Gasteiger partial charge in [-0.3, -0.25) is 9.59 Å². The molecule has 20 heavy (non-hydrogen) atoms. The second kappa shape index (κ2) is 7.63. The maximum atomic E-state index is 13.3. The van der Waals surface area contributed by atoms with Crippen LogP contribution in [0.2, 0.25) is 0 Å². The first-order valence-corrected chi connectivity index (χ1v) is 6.37. The minimum Gasteiger partial charge on any atom is -0.481 e. The fourth-order valence-electron chi connectivity index (χ4n) is 1.20. The zero-order valence-corrected chi connectivity index (χ0v) is 10.8. The predicted molar refractivity (Wildman–Crippen MR) is 66.6 cm³/mol. The van der Waals surface area contributed by atoms with Crippen LogP contribution < -0.4 is 10.1 Å². The second-order valence-electron chi connectivity index (χ2n) is 3.46. The molecule has 1 aromatic rings. The third-order valence-corrected chi connectivity index (χ3v) is 2.81. The lowest BCUT2D eigenvalue weighted by Gasteiger charge is -2.08. The van der Waals surface area contributed by atoms with Gasteiger partial charge in [0.05, 0.1) is 11.5 Å². The number of ether oxygens (including phenoxy) is 1. The van der Waals surface area contributed by atoms with Gasteiger partial charge in [-0.1, -0.05) is 0 Å². The summed E-state index contributed by atoms with van der Waals surface area (Å²) in [7, 11) is 0. The van der Waals surface area contributed by atoms with E-state index >= 15 is 0 Å². The van der Waals surface area contributed by atoms with Gasteiger partial charge in [0.1, 0.15) is 0 Å². The molecule has 9 heteroatoms. The van der Waals surface area contributed by atoms with Crippen molar-refractivity contribution in [2.75, 3.05) is 16.8 Å². The molecule has 0 aliphatic rings. The van der Waals surface area contributed by atoms with Crippen molar-refractivity contribution >= 4 is 29.3 Å². The smallest absolute Gasteiger partial charge is 0.387 e. The maximum absolute atomic E-state index is 13.3. The molecule has 110 valence electrons. The topological polar surface area (TPSA) is 75.6 Å². The van der Waals surface area contributed by atoms with Crippen molar-refractivity contribution in [1.82, 2.24) is 0 Å². The van der Waals surface area contributed by atoms with Crippen LogP contribution in [-0.2, 0) is 9.59 Å². The summed E-state index contributed by atoms with van der Waals surface area (Å²) in [4.78, 5) is 21.6. The largest absolute Gasteiger partial charge is 0.481 e. The zero-order valence-electron chi connectivity index (χ0n) is 9.94. The summed E-state index contributed by atoms with van der Waals surface area (Å²) in [6.07, 6.45) is 0. The van der Waals surface area contributed by atoms with Gasteiger partial charge in [0, 0.05) is 11.8 Å². The standard InChI is InChI=1S/C11H10F3NO4S/c12-7-3-6(1-2-8(7)19-11(13)14)15-9(16)4-20-5-10(17)18/h1-3,11H,4-5H2,(H,15,16)(H,17,18). The van der Waals surface area contributed by atoms with E-state index < -0.39 is 30.1 Å². The Morgan fingerprint density at radius 1 is 1.35 bits per heavy atom. The molecule has 0 spiro atoms. The van der Waals surface area contributed by atoms with Crippen LogP contribution in [0, 0.1) is 5.82 Å². The first-order chi connectivity index (χ1) is 9.38. The fourth-order valence-corrected chi connectivity index (χ4v) is 1.73. The Labute approximate surface area is 116 Å². The van der Waals surface area contributed by atoms with E-state index in [4.69, 9.17) is 5.11 Å². The summed E-state index contributed by atoms with van der Waals surface area (Å²) >= 11 is 0.875. The van der Waals surface area contributed by atoms with Crippen molar-refractivity contribution in [2.45, 2.75) is 6.61 Å². The lowest BCUT2D eigenvalue weighted by atomic mass is 10.3. The molecule has 2 N–H and O–H groups in total. The number of carbonyl (C=O) groups is 2. The van der Waals surface area contributed by atoms with Crippen LogP contribution in [0.15, 0.2) is 18.2 Å². The molecule has 1 amide bonds. The molecular weight excluding hydrogens is 299 g/mol. The van der Waals surface area contributed by atoms with E-state index in [-0.39, 0.29) is 17.2 Å². The number of hydrogen-bond donors (Lipinski definition) is 2. The summed E-state index contributed by atoms with van der Waals surface area (Å²) in [5.74, 6) is -3.60. The Morgan fingerprint density at radius 2 is 2.05 bits per heavy atom. The summed E-state index contributed by atoms with van der Waals surface area (Å²) in [6, 6.07) is 2.99. The van der Waals surface area contributed by atoms with Crippen molar-refractivity contribution in [1.29, 1.82) is 0 Å². The molecule has 0 atom stereocenters. The minimum absolute atomic E-state index is 0.0602. The number of carbonyl (C=O) groups excluding carboxylic acids is 1. The zero-order chi connectivity index (χ0) is 15.1. The van der Waals surface area contributed by atoms with Crippen molar-refractivity contribution in [2.24, 2.45) is 0 Å². The number of benzene rings is 1. The first kappa shape index (κ1) is 16.2. The minimum atomic E-state index is -3.14. The number of carboxylic acid groups (broad SMARTS) is 1. The van der Waals surface area contributed by atoms with Crippen molar-refractivity contribution < 1.29 is 32.6 Å². The molecule has 0 aliphatic carbocycles.